The summed E-state index contributed by atoms with van der Waals surface area (Å²) in [5.41, 5.74) is 12.7. The third kappa shape index (κ3) is 5.53. The largest absolute Gasteiger partial charge is 0.456 e. The number of para-hydroxylation sites is 1. The zero-order valence-corrected chi connectivity index (χ0v) is 30.1. The maximum Gasteiger partial charge on any atom is 0.164 e. The van der Waals surface area contributed by atoms with Crippen LogP contribution in [0.25, 0.3) is 111 Å². The van der Waals surface area contributed by atoms with Gasteiger partial charge in [-0.25, -0.2) is 15.0 Å². The molecule has 262 valence electrons. The van der Waals surface area contributed by atoms with E-state index in [0.717, 1.165) is 82.8 Å². The average molecular weight is 718 g/mol. The molecule has 5 nitrogen and oxygen atoms in total. The molecule has 0 fully saturated rings. The van der Waals surface area contributed by atoms with Crippen LogP contribution in [-0.2, 0) is 0 Å². The summed E-state index contributed by atoms with van der Waals surface area (Å²) in [6, 6.07) is 64.6. The van der Waals surface area contributed by atoms with Crippen molar-refractivity contribution in [2.75, 3.05) is 0 Å². The molecule has 0 saturated carbocycles. The van der Waals surface area contributed by atoms with Gasteiger partial charge in [0.05, 0.1) is 0 Å². The first-order valence-electron chi connectivity index (χ1n) is 18.7. The van der Waals surface area contributed by atoms with Gasteiger partial charge in [0.15, 0.2) is 17.5 Å². The van der Waals surface area contributed by atoms with Gasteiger partial charge in [-0.2, -0.15) is 0 Å². The number of benzene rings is 8. The van der Waals surface area contributed by atoms with Crippen molar-refractivity contribution in [3.8, 4) is 67.5 Å². The van der Waals surface area contributed by atoms with Gasteiger partial charge in [-0.05, 0) is 75.8 Å². The van der Waals surface area contributed by atoms with E-state index in [0.29, 0.717) is 17.5 Å². The number of aromatic nitrogens is 3. The molecule has 0 aliphatic carbocycles. The van der Waals surface area contributed by atoms with Crippen molar-refractivity contribution in [3.05, 3.63) is 188 Å². The van der Waals surface area contributed by atoms with Gasteiger partial charge in [0.1, 0.15) is 22.3 Å². The van der Waals surface area contributed by atoms with Crippen molar-refractivity contribution in [3.63, 3.8) is 0 Å². The lowest BCUT2D eigenvalue weighted by Gasteiger charge is -2.10. The monoisotopic (exact) mass is 717 g/mol. The molecule has 11 rings (SSSR count). The number of furan rings is 2. The fourth-order valence-corrected chi connectivity index (χ4v) is 7.77. The smallest absolute Gasteiger partial charge is 0.164 e. The van der Waals surface area contributed by atoms with E-state index in [9.17, 15) is 0 Å². The van der Waals surface area contributed by atoms with E-state index in [4.69, 9.17) is 23.8 Å². The Kier molecular flexibility index (Phi) is 7.42. The SMILES string of the molecule is c1ccc(-c2cccc(-c3nc(-c4ccc(-c5ccc6c(c5)oc5cccc(-c7ccccc7)c56)cc4)nc(-c4ccc5c(c4)oc4ccccc45)n3)c2)cc1. The van der Waals surface area contributed by atoms with Crippen LogP contribution >= 0.6 is 0 Å². The fourth-order valence-electron chi connectivity index (χ4n) is 7.77. The van der Waals surface area contributed by atoms with E-state index in [1.807, 2.05) is 42.5 Å². The highest BCUT2D eigenvalue weighted by molar-refractivity contribution is 6.13. The van der Waals surface area contributed by atoms with Gasteiger partial charge in [-0.1, -0.05) is 146 Å². The average Bonchev–Trinajstić information content (AvgIpc) is 3.85. The second-order valence-electron chi connectivity index (χ2n) is 14.0. The van der Waals surface area contributed by atoms with Gasteiger partial charge < -0.3 is 8.83 Å². The Bertz CT molecular complexity index is 3240. The summed E-state index contributed by atoms with van der Waals surface area (Å²) < 4.78 is 12.7. The molecule has 0 aliphatic heterocycles. The summed E-state index contributed by atoms with van der Waals surface area (Å²) in [6.07, 6.45) is 0. The van der Waals surface area contributed by atoms with Crippen LogP contribution in [-0.4, -0.2) is 15.0 Å². The highest BCUT2D eigenvalue weighted by Crippen LogP contribution is 2.39. The number of nitrogens with zero attached hydrogens (tertiary/aromatic N) is 3. The van der Waals surface area contributed by atoms with Crippen LogP contribution in [0.4, 0.5) is 0 Å². The van der Waals surface area contributed by atoms with Gasteiger partial charge in [-0.15, -0.1) is 0 Å². The third-order valence-corrected chi connectivity index (χ3v) is 10.6. The number of fused-ring (bicyclic) bond motifs is 6. The van der Waals surface area contributed by atoms with Crippen LogP contribution in [0.2, 0.25) is 0 Å². The minimum Gasteiger partial charge on any atom is -0.456 e. The van der Waals surface area contributed by atoms with Crippen molar-refractivity contribution in [1.29, 1.82) is 0 Å². The second-order valence-corrected chi connectivity index (χ2v) is 14.0. The summed E-state index contributed by atoms with van der Waals surface area (Å²) in [4.78, 5) is 15.2. The van der Waals surface area contributed by atoms with Crippen LogP contribution < -0.4 is 0 Å². The molecule has 8 aromatic carbocycles. The number of hydrogen-bond acceptors (Lipinski definition) is 5. The molecule has 0 radical (unpaired) electrons. The van der Waals surface area contributed by atoms with Crippen LogP contribution in [0.5, 0.6) is 0 Å². The van der Waals surface area contributed by atoms with Crippen molar-refractivity contribution in [1.82, 2.24) is 15.0 Å². The predicted molar refractivity (Wildman–Crippen MR) is 227 cm³/mol. The van der Waals surface area contributed by atoms with E-state index in [1.165, 1.54) is 11.1 Å². The Morgan fingerprint density at radius 2 is 0.732 bits per heavy atom. The third-order valence-electron chi connectivity index (χ3n) is 10.6. The molecule has 0 atom stereocenters. The summed E-state index contributed by atoms with van der Waals surface area (Å²) in [7, 11) is 0. The highest BCUT2D eigenvalue weighted by Gasteiger charge is 2.17. The van der Waals surface area contributed by atoms with Gasteiger partial charge >= 0.3 is 0 Å². The molecule has 0 unspecified atom stereocenters. The first-order valence-corrected chi connectivity index (χ1v) is 18.7. The molecule has 0 bridgehead atoms. The van der Waals surface area contributed by atoms with Gasteiger partial charge in [0.25, 0.3) is 0 Å². The molecule has 56 heavy (non-hydrogen) atoms. The molecule has 3 aromatic heterocycles. The Morgan fingerprint density at radius 1 is 0.268 bits per heavy atom. The van der Waals surface area contributed by atoms with E-state index < -0.39 is 0 Å². The van der Waals surface area contributed by atoms with E-state index in [-0.39, 0.29) is 0 Å². The lowest BCUT2D eigenvalue weighted by molar-refractivity contribution is 0.668. The highest BCUT2D eigenvalue weighted by atomic mass is 16.3. The minimum absolute atomic E-state index is 0.576. The first kappa shape index (κ1) is 31.9. The Balaban J connectivity index is 0.996. The van der Waals surface area contributed by atoms with Gasteiger partial charge in [0.2, 0.25) is 0 Å². The standard InChI is InChI=1S/C51H31N3O2/c1-3-11-32(12-4-1)36-15-9-16-38(29-36)50-52-49(53-51(54-50)39-26-27-42-41-17-7-8-19-44(41)55-46(42)31-39)35-23-21-33(22-24-35)37-25-28-43-47(30-37)56-45-20-10-18-40(48(43)45)34-13-5-2-6-14-34/h1-31H. The lowest BCUT2D eigenvalue weighted by atomic mass is 9.98. The zero-order chi connectivity index (χ0) is 37.0. The number of hydrogen-bond donors (Lipinski definition) is 0. The van der Waals surface area contributed by atoms with Crippen molar-refractivity contribution < 1.29 is 8.83 Å². The van der Waals surface area contributed by atoms with Crippen molar-refractivity contribution >= 4 is 43.9 Å². The molecule has 0 saturated heterocycles. The molecule has 0 spiro atoms. The molecule has 0 aliphatic rings. The molecular weight excluding hydrogens is 687 g/mol. The molecule has 5 heteroatoms. The Hall–Kier alpha value is -7.63. The van der Waals surface area contributed by atoms with Gasteiger partial charge in [-0.3, -0.25) is 0 Å². The number of rotatable bonds is 6. The topological polar surface area (TPSA) is 65.0 Å². The minimum atomic E-state index is 0.576. The molecule has 11 aromatic rings. The van der Waals surface area contributed by atoms with Crippen LogP contribution in [0.3, 0.4) is 0 Å². The molecule has 0 N–H and O–H groups in total. The maximum atomic E-state index is 6.43. The van der Waals surface area contributed by atoms with E-state index >= 15 is 0 Å². The van der Waals surface area contributed by atoms with Crippen LogP contribution in [0.15, 0.2) is 197 Å². The first-order chi connectivity index (χ1) is 27.7. The summed E-state index contributed by atoms with van der Waals surface area (Å²) in [5, 5.41) is 4.37. The molecule has 0 amide bonds. The van der Waals surface area contributed by atoms with Crippen LogP contribution in [0, 0.1) is 0 Å². The summed E-state index contributed by atoms with van der Waals surface area (Å²) in [5.74, 6) is 1.76. The van der Waals surface area contributed by atoms with E-state index in [1.54, 1.807) is 0 Å². The molecule has 3 heterocycles. The van der Waals surface area contributed by atoms with Crippen molar-refractivity contribution in [2.45, 2.75) is 0 Å². The van der Waals surface area contributed by atoms with Gasteiger partial charge in [0, 0.05) is 38.2 Å². The summed E-state index contributed by atoms with van der Waals surface area (Å²) in [6.45, 7) is 0. The molecular formula is C51H31N3O2. The van der Waals surface area contributed by atoms with Crippen LogP contribution in [0.1, 0.15) is 0 Å². The lowest BCUT2D eigenvalue weighted by Crippen LogP contribution is -2.00. The predicted octanol–water partition coefficient (Wildman–Crippen LogP) is 13.7. The zero-order valence-electron chi connectivity index (χ0n) is 30.1. The Morgan fingerprint density at radius 3 is 1.54 bits per heavy atom. The normalized spacial score (nSPS) is 11.6. The van der Waals surface area contributed by atoms with Crippen molar-refractivity contribution in [2.24, 2.45) is 0 Å². The second kappa shape index (κ2) is 13.0. The quantitative estimate of drug-likeness (QED) is 0.171. The fraction of sp³-hybridized carbons (Fsp3) is 0. The van der Waals surface area contributed by atoms with E-state index in [2.05, 4.69) is 146 Å². The maximum absolute atomic E-state index is 6.43. The summed E-state index contributed by atoms with van der Waals surface area (Å²) >= 11 is 0. The Labute approximate surface area is 322 Å².